The van der Waals surface area contributed by atoms with E-state index in [9.17, 15) is 0 Å². The normalized spacial score (nSPS) is 24.4. The van der Waals surface area contributed by atoms with E-state index in [-0.39, 0.29) is 5.54 Å². The zero-order chi connectivity index (χ0) is 14.2. The minimum Gasteiger partial charge on any atom is -0.306 e. The molecule has 1 fully saturated rings. The summed E-state index contributed by atoms with van der Waals surface area (Å²) in [6.07, 6.45) is 10.3. The van der Waals surface area contributed by atoms with Crippen LogP contribution in [0.2, 0.25) is 0 Å². The predicted octanol–water partition coefficient (Wildman–Crippen LogP) is 4.43. The number of nitrogens with one attached hydrogen (secondary N) is 1. The van der Waals surface area contributed by atoms with Gasteiger partial charge < -0.3 is 5.32 Å². The van der Waals surface area contributed by atoms with E-state index in [4.69, 9.17) is 4.98 Å². The molecular formula is C17H28N2S. The summed E-state index contributed by atoms with van der Waals surface area (Å²) in [5.74, 6) is 0. The number of thiazole rings is 1. The van der Waals surface area contributed by atoms with Crippen LogP contribution < -0.4 is 5.32 Å². The predicted molar refractivity (Wildman–Crippen MR) is 86.4 cm³/mol. The molecule has 1 heterocycles. The average Bonchev–Trinajstić information content (AvgIpc) is 2.86. The standard InChI is InChI=1S/C17H28N2S/c1-4-18-17(11-9-16(2,3)10-12-17)15-19-13-7-5-6-8-14(13)20-15/h18H,4-12H2,1-3H3. The van der Waals surface area contributed by atoms with Gasteiger partial charge in [-0.15, -0.1) is 11.3 Å². The van der Waals surface area contributed by atoms with Gasteiger partial charge in [0.1, 0.15) is 5.01 Å². The van der Waals surface area contributed by atoms with E-state index in [1.54, 1.807) is 4.88 Å². The first-order chi connectivity index (χ1) is 9.55. The SMILES string of the molecule is CCNC1(c2nc3c(s2)CCCC3)CCC(C)(C)CC1. The van der Waals surface area contributed by atoms with Crippen LogP contribution in [0.5, 0.6) is 0 Å². The van der Waals surface area contributed by atoms with Crippen molar-refractivity contribution in [1.82, 2.24) is 10.3 Å². The Kier molecular flexibility index (Phi) is 3.93. The first-order valence-corrected chi connectivity index (χ1v) is 9.10. The number of hydrogen-bond donors (Lipinski definition) is 1. The summed E-state index contributed by atoms with van der Waals surface area (Å²) in [6.45, 7) is 8.10. The van der Waals surface area contributed by atoms with Crippen LogP contribution in [0, 0.1) is 5.41 Å². The summed E-state index contributed by atoms with van der Waals surface area (Å²) in [4.78, 5) is 6.65. The van der Waals surface area contributed by atoms with E-state index >= 15 is 0 Å². The van der Waals surface area contributed by atoms with Crippen LogP contribution in [0.1, 0.15) is 74.9 Å². The fourth-order valence-corrected chi connectivity index (χ4v) is 5.09. The zero-order valence-electron chi connectivity index (χ0n) is 13.2. The molecule has 1 saturated carbocycles. The number of aromatic nitrogens is 1. The Morgan fingerprint density at radius 3 is 2.45 bits per heavy atom. The second-order valence-electron chi connectivity index (χ2n) is 7.37. The second-order valence-corrected chi connectivity index (χ2v) is 8.46. The van der Waals surface area contributed by atoms with Crippen LogP contribution in [0.3, 0.4) is 0 Å². The molecule has 3 heteroatoms. The quantitative estimate of drug-likeness (QED) is 0.891. The van der Waals surface area contributed by atoms with Crippen molar-refractivity contribution in [3.05, 3.63) is 15.6 Å². The summed E-state index contributed by atoms with van der Waals surface area (Å²) >= 11 is 2.01. The third-order valence-electron chi connectivity index (χ3n) is 5.23. The Hall–Kier alpha value is -0.410. The number of hydrogen-bond acceptors (Lipinski definition) is 3. The Labute approximate surface area is 127 Å². The van der Waals surface area contributed by atoms with Gasteiger partial charge in [0, 0.05) is 4.88 Å². The van der Waals surface area contributed by atoms with Crippen LogP contribution >= 0.6 is 11.3 Å². The monoisotopic (exact) mass is 292 g/mol. The highest BCUT2D eigenvalue weighted by Gasteiger charge is 2.41. The third-order valence-corrected chi connectivity index (χ3v) is 6.59. The van der Waals surface area contributed by atoms with Crippen LogP contribution in [0.15, 0.2) is 0 Å². The maximum atomic E-state index is 5.07. The molecule has 20 heavy (non-hydrogen) atoms. The van der Waals surface area contributed by atoms with E-state index in [2.05, 4.69) is 26.1 Å². The van der Waals surface area contributed by atoms with E-state index in [0.29, 0.717) is 5.41 Å². The van der Waals surface area contributed by atoms with Crippen LogP contribution in [0.4, 0.5) is 0 Å². The summed E-state index contributed by atoms with van der Waals surface area (Å²) < 4.78 is 0. The first-order valence-electron chi connectivity index (χ1n) is 8.29. The van der Waals surface area contributed by atoms with Crippen molar-refractivity contribution in [1.29, 1.82) is 0 Å². The maximum Gasteiger partial charge on any atom is 0.113 e. The summed E-state index contributed by atoms with van der Waals surface area (Å²) in [5.41, 5.74) is 2.10. The van der Waals surface area contributed by atoms with Gasteiger partial charge in [-0.05, 0) is 63.3 Å². The Morgan fingerprint density at radius 1 is 1.10 bits per heavy atom. The molecule has 0 aromatic carbocycles. The molecule has 3 rings (SSSR count). The van der Waals surface area contributed by atoms with Crippen LogP contribution in [-0.2, 0) is 18.4 Å². The van der Waals surface area contributed by atoms with E-state index in [1.807, 2.05) is 11.3 Å². The molecule has 0 spiro atoms. The molecule has 2 nitrogen and oxygen atoms in total. The lowest BCUT2D eigenvalue weighted by atomic mass is 9.69. The van der Waals surface area contributed by atoms with Crippen molar-refractivity contribution in [2.75, 3.05) is 6.54 Å². The fraction of sp³-hybridized carbons (Fsp3) is 0.824. The van der Waals surface area contributed by atoms with Crippen molar-refractivity contribution in [3.8, 4) is 0 Å². The molecule has 0 unspecified atom stereocenters. The summed E-state index contributed by atoms with van der Waals surface area (Å²) in [6, 6.07) is 0. The van der Waals surface area contributed by atoms with Crippen LogP contribution in [-0.4, -0.2) is 11.5 Å². The molecular weight excluding hydrogens is 264 g/mol. The number of nitrogens with zero attached hydrogens (tertiary/aromatic N) is 1. The Bertz CT molecular complexity index is 442. The van der Waals surface area contributed by atoms with E-state index < -0.39 is 0 Å². The smallest absolute Gasteiger partial charge is 0.113 e. The van der Waals surface area contributed by atoms with Crippen LogP contribution in [0.25, 0.3) is 0 Å². The number of fused-ring (bicyclic) bond motifs is 1. The molecule has 0 radical (unpaired) electrons. The first kappa shape index (κ1) is 14.5. The summed E-state index contributed by atoms with van der Waals surface area (Å²) in [7, 11) is 0. The van der Waals surface area contributed by atoms with Crippen molar-refractivity contribution in [2.24, 2.45) is 5.41 Å². The Balaban J connectivity index is 1.88. The average molecular weight is 292 g/mol. The van der Waals surface area contributed by atoms with Gasteiger partial charge in [0.25, 0.3) is 0 Å². The fourth-order valence-electron chi connectivity index (χ4n) is 3.71. The van der Waals surface area contributed by atoms with Gasteiger partial charge in [-0.25, -0.2) is 4.98 Å². The van der Waals surface area contributed by atoms with Crippen molar-refractivity contribution < 1.29 is 0 Å². The van der Waals surface area contributed by atoms with Gasteiger partial charge in [-0.1, -0.05) is 20.8 Å². The van der Waals surface area contributed by atoms with E-state index in [1.165, 1.54) is 62.1 Å². The molecule has 2 aliphatic carbocycles. The number of rotatable bonds is 3. The van der Waals surface area contributed by atoms with Crippen molar-refractivity contribution in [2.45, 2.75) is 77.7 Å². The highest BCUT2D eigenvalue weighted by atomic mass is 32.1. The molecule has 0 aliphatic heterocycles. The number of aryl methyl sites for hydroxylation is 2. The Morgan fingerprint density at radius 2 is 1.80 bits per heavy atom. The minimum absolute atomic E-state index is 0.173. The largest absolute Gasteiger partial charge is 0.306 e. The lowest BCUT2D eigenvalue weighted by Crippen LogP contribution is -2.46. The highest BCUT2D eigenvalue weighted by Crippen LogP contribution is 2.46. The van der Waals surface area contributed by atoms with Gasteiger partial charge in [0.2, 0.25) is 0 Å². The molecule has 1 aromatic rings. The lowest BCUT2D eigenvalue weighted by molar-refractivity contribution is 0.135. The van der Waals surface area contributed by atoms with Gasteiger partial charge in [-0.3, -0.25) is 0 Å². The molecule has 1 aromatic heterocycles. The van der Waals surface area contributed by atoms with Crippen molar-refractivity contribution >= 4 is 11.3 Å². The van der Waals surface area contributed by atoms with Gasteiger partial charge in [0.15, 0.2) is 0 Å². The van der Waals surface area contributed by atoms with Gasteiger partial charge in [-0.2, -0.15) is 0 Å². The van der Waals surface area contributed by atoms with Gasteiger partial charge >= 0.3 is 0 Å². The molecule has 0 saturated heterocycles. The lowest BCUT2D eigenvalue weighted by Gasteiger charge is -2.43. The topological polar surface area (TPSA) is 24.9 Å². The van der Waals surface area contributed by atoms with Crippen molar-refractivity contribution in [3.63, 3.8) is 0 Å². The summed E-state index contributed by atoms with van der Waals surface area (Å²) in [5, 5.41) is 5.20. The molecule has 0 atom stereocenters. The molecule has 1 N–H and O–H groups in total. The van der Waals surface area contributed by atoms with Gasteiger partial charge in [0.05, 0.1) is 11.2 Å². The zero-order valence-corrected chi connectivity index (χ0v) is 14.0. The molecule has 2 aliphatic rings. The molecule has 0 amide bonds. The van der Waals surface area contributed by atoms with E-state index in [0.717, 1.165) is 6.54 Å². The second kappa shape index (κ2) is 5.42. The third kappa shape index (κ3) is 2.67. The minimum atomic E-state index is 0.173. The highest BCUT2D eigenvalue weighted by molar-refractivity contribution is 7.11. The molecule has 0 bridgehead atoms. The maximum absolute atomic E-state index is 5.07. The molecule has 112 valence electrons.